The molecule has 0 atom stereocenters. The number of allylic oxidation sites excluding steroid dienone is 1. The molecule has 0 bridgehead atoms. The van der Waals surface area contributed by atoms with Gasteiger partial charge in [-0.3, -0.25) is 9.79 Å². The standard InChI is InChI=1S/C20H28N2O3/c1-4-18(15-10-12-17(24-2)13-11-15)22-20(21-14-19(23)25-3)16-8-6-5-7-9-16/h4,10-13,16H,5-9,14H2,1-3H3,(H,21,22). The maximum Gasteiger partial charge on any atom is 0.327 e. The van der Waals surface area contributed by atoms with E-state index in [1.807, 2.05) is 37.3 Å². The number of amidine groups is 1. The number of carbonyl (C=O) groups is 1. The van der Waals surface area contributed by atoms with E-state index in [0.717, 1.165) is 35.7 Å². The van der Waals surface area contributed by atoms with Crippen molar-refractivity contribution in [1.29, 1.82) is 0 Å². The normalized spacial score (nSPS) is 16.4. The molecule has 136 valence electrons. The predicted octanol–water partition coefficient (Wildman–Crippen LogP) is 3.80. The first kappa shape index (κ1) is 19.0. The highest BCUT2D eigenvalue weighted by Gasteiger charge is 2.20. The summed E-state index contributed by atoms with van der Waals surface area (Å²) in [6.45, 7) is 2.04. The first-order valence-corrected chi connectivity index (χ1v) is 8.86. The van der Waals surface area contributed by atoms with Crippen molar-refractivity contribution in [1.82, 2.24) is 5.32 Å². The highest BCUT2D eigenvalue weighted by molar-refractivity contribution is 5.93. The fourth-order valence-corrected chi connectivity index (χ4v) is 3.08. The highest BCUT2D eigenvalue weighted by Crippen LogP contribution is 2.26. The van der Waals surface area contributed by atoms with Crippen LogP contribution in [0.1, 0.15) is 44.6 Å². The van der Waals surface area contributed by atoms with E-state index in [2.05, 4.69) is 10.3 Å². The minimum Gasteiger partial charge on any atom is -0.497 e. The quantitative estimate of drug-likeness (QED) is 0.484. The number of ether oxygens (including phenoxy) is 2. The third-order valence-electron chi connectivity index (χ3n) is 4.55. The molecule has 5 heteroatoms. The van der Waals surface area contributed by atoms with Gasteiger partial charge in [0.05, 0.1) is 14.2 Å². The molecule has 25 heavy (non-hydrogen) atoms. The van der Waals surface area contributed by atoms with Crippen LogP contribution in [0.2, 0.25) is 0 Å². The van der Waals surface area contributed by atoms with Crippen molar-refractivity contribution in [2.45, 2.75) is 39.0 Å². The number of methoxy groups -OCH3 is 2. The molecular weight excluding hydrogens is 316 g/mol. The molecule has 2 rings (SSSR count). The topological polar surface area (TPSA) is 59.9 Å². The zero-order chi connectivity index (χ0) is 18.1. The lowest BCUT2D eigenvalue weighted by Crippen LogP contribution is -2.32. The van der Waals surface area contributed by atoms with Gasteiger partial charge < -0.3 is 14.8 Å². The molecule has 0 radical (unpaired) electrons. The van der Waals surface area contributed by atoms with Crippen LogP contribution in [-0.2, 0) is 9.53 Å². The lowest BCUT2D eigenvalue weighted by molar-refractivity contribution is -0.138. The number of benzene rings is 1. The zero-order valence-electron chi connectivity index (χ0n) is 15.4. The minimum atomic E-state index is -0.318. The first-order chi connectivity index (χ1) is 12.2. The van der Waals surface area contributed by atoms with Gasteiger partial charge in [-0.05, 0) is 49.6 Å². The highest BCUT2D eigenvalue weighted by atomic mass is 16.5. The van der Waals surface area contributed by atoms with Crippen LogP contribution in [0.5, 0.6) is 5.75 Å². The Bertz CT molecular complexity index is 614. The van der Waals surface area contributed by atoms with Crippen LogP contribution in [0, 0.1) is 5.92 Å². The van der Waals surface area contributed by atoms with Crippen molar-refractivity contribution in [3.05, 3.63) is 35.9 Å². The van der Waals surface area contributed by atoms with Crippen molar-refractivity contribution in [3.63, 3.8) is 0 Å². The number of hydrogen-bond donors (Lipinski definition) is 1. The number of nitrogens with zero attached hydrogens (tertiary/aromatic N) is 1. The van der Waals surface area contributed by atoms with Gasteiger partial charge in [0.25, 0.3) is 0 Å². The maximum absolute atomic E-state index is 11.5. The molecule has 1 fully saturated rings. The largest absolute Gasteiger partial charge is 0.497 e. The molecule has 0 saturated heterocycles. The van der Waals surface area contributed by atoms with Gasteiger partial charge in [-0.25, -0.2) is 0 Å². The van der Waals surface area contributed by atoms with E-state index in [-0.39, 0.29) is 12.5 Å². The molecule has 1 N–H and O–H groups in total. The summed E-state index contributed by atoms with van der Waals surface area (Å²) >= 11 is 0. The van der Waals surface area contributed by atoms with Crippen LogP contribution >= 0.6 is 0 Å². The second kappa shape index (κ2) is 9.87. The molecule has 1 aromatic carbocycles. The summed E-state index contributed by atoms with van der Waals surface area (Å²) in [5.74, 6) is 1.76. The predicted molar refractivity (Wildman–Crippen MR) is 101 cm³/mol. The maximum atomic E-state index is 11.5. The van der Waals surface area contributed by atoms with E-state index in [1.165, 1.54) is 26.4 Å². The second-order valence-corrected chi connectivity index (χ2v) is 6.17. The molecule has 0 aliphatic heterocycles. The van der Waals surface area contributed by atoms with Gasteiger partial charge in [0.1, 0.15) is 18.1 Å². The van der Waals surface area contributed by atoms with E-state index in [0.29, 0.717) is 5.92 Å². The van der Waals surface area contributed by atoms with E-state index < -0.39 is 0 Å². The van der Waals surface area contributed by atoms with Crippen LogP contribution in [0.15, 0.2) is 35.3 Å². The third kappa shape index (κ3) is 5.62. The van der Waals surface area contributed by atoms with Gasteiger partial charge in [-0.15, -0.1) is 0 Å². The summed E-state index contributed by atoms with van der Waals surface area (Å²) in [6, 6.07) is 7.90. The monoisotopic (exact) mass is 344 g/mol. The molecule has 0 unspecified atom stereocenters. The van der Waals surface area contributed by atoms with E-state index in [1.54, 1.807) is 7.11 Å². The van der Waals surface area contributed by atoms with Crippen LogP contribution in [0.4, 0.5) is 0 Å². The number of nitrogens with one attached hydrogen (secondary N) is 1. The van der Waals surface area contributed by atoms with Crippen molar-refractivity contribution >= 4 is 17.5 Å². The van der Waals surface area contributed by atoms with E-state index in [4.69, 9.17) is 9.47 Å². The summed E-state index contributed by atoms with van der Waals surface area (Å²) in [4.78, 5) is 16.0. The Labute approximate surface area is 150 Å². The SMILES string of the molecule is CC=C(NC(=NCC(=O)OC)C1CCCCC1)c1ccc(OC)cc1. The van der Waals surface area contributed by atoms with E-state index >= 15 is 0 Å². The zero-order valence-corrected chi connectivity index (χ0v) is 15.4. The molecule has 1 aromatic rings. The van der Waals surface area contributed by atoms with Crippen LogP contribution in [0.25, 0.3) is 5.70 Å². The van der Waals surface area contributed by atoms with Crippen molar-refractivity contribution in [2.75, 3.05) is 20.8 Å². The summed E-state index contributed by atoms with van der Waals surface area (Å²) in [5, 5.41) is 3.47. The Morgan fingerprint density at radius 1 is 1.20 bits per heavy atom. The van der Waals surface area contributed by atoms with Crippen LogP contribution in [-0.4, -0.2) is 32.6 Å². The molecule has 1 aliphatic rings. The molecular formula is C20H28N2O3. The lowest BCUT2D eigenvalue weighted by Gasteiger charge is -2.25. The van der Waals surface area contributed by atoms with Gasteiger partial charge in [-0.1, -0.05) is 25.3 Å². The molecule has 0 aromatic heterocycles. The average molecular weight is 344 g/mol. The first-order valence-electron chi connectivity index (χ1n) is 8.86. The molecule has 0 amide bonds. The fraction of sp³-hybridized carbons (Fsp3) is 0.500. The van der Waals surface area contributed by atoms with Gasteiger partial charge >= 0.3 is 5.97 Å². The number of hydrogen-bond acceptors (Lipinski definition) is 4. The molecule has 1 saturated carbocycles. The summed E-state index contributed by atoms with van der Waals surface area (Å²) in [6.07, 6.45) is 7.92. The number of rotatable bonds is 6. The van der Waals surface area contributed by atoms with Gasteiger partial charge in [-0.2, -0.15) is 0 Å². The number of esters is 1. The van der Waals surface area contributed by atoms with Gasteiger partial charge in [0, 0.05) is 11.6 Å². The fourth-order valence-electron chi connectivity index (χ4n) is 3.08. The van der Waals surface area contributed by atoms with Crippen LogP contribution in [0.3, 0.4) is 0 Å². The molecule has 0 spiro atoms. The Balaban J connectivity index is 2.18. The van der Waals surface area contributed by atoms with Crippen LogP contribution < -0.4 is 10.1 Å². The Morgan fingerprint density at radius 2 is 1.88 bits per heavy atom. The molecule has 5 nitrogen and oxygen atoms in total. The summed E-state index contributed by atoms with van der Waals surface area (Å²) < 4.78 is 9.95. The summed E-state index contributed by atoms with van der Waals surface area (Å²) in [5.41, 5.74) is 2.04. The smallest absolute Gasteiger partial charge is 0.327 e. The summed E-state index contributed by atoms with van der Waals surface area (Å²) in [7, 11) is 3.05. The van der Waals surface area contributed by atoms with Crippen molar-refractivity contribution in [2.24, 2.45) is 10.9 Å². The van der Waals surface area contributed by atoms with Crippen molar-refractivity contribution in [3.8, 4) is 5.75 Å². The Kier molecular flexibility index (Phi) is 7.51. The van der Waals surface area contributed by atoms with Gasteiger partial charge in [0.15, 0.2) is 0 Å². The second-order valence-electron chi connectivity index (χ2n) is 6.17. The lowest BCUT2D eigenvalue weighted by atomic mass is 9.88. The average Bonchev–Trinajstić information content (AvgIpc) is 2.68. The van der Waals surface area contributed by atoms with E-state index in [9.17, 15) is 4.79 Å². The van der Waals surface area contributed by atoms with Crippen molar-refractivity contribution < 1.29 is 14.3 Å². The number of aliphatic imine (C=N–C) groups is 1. The number of carbonyl (C=O) groups excluding carboxylic acids is 1. The Morgan fingerprint density at radius 3 is 2.44 bits per heavy atom. The molecule has 0 heterocycles. The minimum absolute atomic E-state index is 0.0505. The Hall–Kier alpha value is -2.30. The van der Waals surface area contributed by atoms with Gasteiger partial charge in [0.2, 0.25) is 0 Å². The molecule has 1 aliphatic carbocycles. The third-order valence-corrected chi connectivity index (χ3v) is 4.55.